The van der Waals surface area contributed by atoms with Crippen molar-refractivity contribution < 1.29 is 41.7 Å². The third-order valence-corrected chi connectivity index (χ3v) is 6.28. The molecule has 3 aromatic carbocycles. The molecular weight excluding hydrogens is 649 g/mol. The maximum Gasteiger partial charge on any atom is 0.338 e. The maximum atomic E-state index is 15.2. The van der Waals surface area contributed by atoms with Crippen LogP contribution >= 0.6 is 22.6 Å². The minimum Gasteiger partial charge on any atom is -0.497 e. The summed E-state index contributed by atoms with van der Waals surface area (Å²) < 4.78 is 75.8. The molecule has 8 nitrogen and oxygen atoms in total. The number of nitrogens with zero attached hydrogens (tertiary/aromatic N) is 1. The first-order valence-electron chi connectivity index (χ1n) is 11.4. The van der Waals surface area contributed by atoms with Gasteiger partial charge < -0.3 is 30.0 Å². The van der Waals surface area contributed by atoms with Crippen LogP contribution in [0.2, 0.25) is 0 Å². The summed E-state index contributed by atoms with van der Waals surface area (Å²) >= 11 is 1.85. The van der Waals surface area contributed by atoms with Gasteiger partial charge >= 0.3 is 5.97 Å². The molecule has 0 radical (unpaired) electrons. The van der Waals surface area contributed by atoms with Crippen molar-refractivity contribution in [2.45, 2.75) is 6.54 Å². The van der Waals surface area contributed by atoms with Crippen molar-refractivity contribution in [2.24, 2.45) is 0 Å². The fourth-order valence-electron chi connectivity index (χ4n) is 3.62. The summed E-state index contributed by atoms with van der Waals surface area (Å²) in [6.07, 6.45) is 1.16. The molecule has 0 aliphatic carbocycles. The number of carbonyl (C=O) groups is 1. The van der Waals surface area contributed by atoms with Crippen molar-refractivity contribution in [3.8, 4) is 23.0 Å². The number of benzene rings is 3. The number of aromatic nitrogens is 1. The van der Waals surface area contributed by atoms with Gasteiger partial charge in [-0.1, -0.05) is 0 Å². The number of pyridine rings is 1. The summed E-state index contributed by atoms with van der Waals surface area (Å²) in [4.78, 5) is 15.8. The van der Waals surface area contributed by atoms with Gasteiger partial charge in [-0.2, -0.15) is 8.78 Å². The van der Waals surface area contributed by atoms with E-state index in [1.54, 1.807) is 18.2 Å². The second kappa shape index (κ2) is 12.3. The topological polar surface area (TPSA) is 102 Å². The summed E-state index contributed by atoms with van der Waals surface area (Å²) in [6, 6.07) is 10.6. The van der Waals surface area contributed by atoms with Crippen molar-refractivity contribution in [3.63, 3.8) is 0 Å². The molecule has 208 valence electrons. The van der Waals surface area contributed by atoms with Gasteiger partial charge in [0.05, 0.1) is 31.2 Å². The summed E-state index contributed by atoms with van der Waals surface area (Å²) in [5, 5.41) is 14.7. The number of halogens is 5. The van der Waals surface area contributed by atoms with Crippen LogP contribution in [-0.4, -0.2) is 30.3 Å². The predicted molar refractivity (Wildman–Crippen MR) is 147 cm³/mol. The van der Waals surface area contributed by atoms with E-state index in [9.17, 15) is 18.7 Å². The van der Waals surface area contributed by atoms with Crippen LogP contribution in [0.5, 0.6) is 23.0 Å². The van der Waals surface area contributed by atoms with Crippen molar-refractivity contribution in [3.05, 3.63) is 92.7 Å². The first kappa shape index (κ1) is 28.7. The van der Waals surface area contributed by atoms with E-state index in [4.69, 9.17) is 14.2 Å². The molecule has 0 bridgehead atoms. The molecule has 0 aliphatic heterocycles. The number of carboxylic acid groups (broad SMARTS) is 1. The lowest BCUT2D eigenvalue weighted by Crippen LogP contribution is -2.09. The number of hydrogen-bond donors (Lipinski definition) is 3. The zero-order chi connectivity index (χ0) is 29.0. The highest BCUT2D eigenvalue weighted by Gasteiger charge is 2.25. The van der Waals surface area contributed by atoms with Gasteiger partial charge in [-0.15, -0.1) is 0 Å². The summed E-state index contributed by atoms with van der Waals surface area (Å²) in [5.41, 5.74) is -1.24. The van der Waals surface area contributed by atoms with Gasteiger partial charge in [0.15, 0.2) is 23.1 Å². The lowest BCUT2D eigenvalue weighted by atomic mass is 10.1. The van der Waals surface area contributed by atoms with Crippen LogP contribution in [0.1, 0.15) is 15.9 Å². The van der Waals surface area contributed by atoms with Gasteiger partial charge in [0.1, 0.15) is 17.3 Å². The van der Waals surface area contributed by atoms with Crippen LogP contribution in [0.25, 0.3) is 0 Å². The molecule has 4 aromatic rings. The molecule has 0 aliphatic rings. The molecule has 13 heteroatoms. The Morgan fingerprint density at radius 1 is 0.925 bits per heavy atom. The number of methoxy groups -OCH3 is 2. The van der Waals surface area contributed by atoms with Crippen molar-refractivity contribution in [1.82, 2.24) is 4.98 Å². The van der Waals surface area contributed by atoms with Gasteiger partial charge in [-0.3, -0.25) is 0 Å². The Kier molecular flexibility index (Phi) is 8.82. The minimum atomic E-state index is -1.66. The summed E-state index contributed by atoms with van der Waals surface area (Å²) in [6.45, 7) is 0.0716. The molecule has 0 atom stereocenters. The molecule has 3 N–H and O–H groups in total. The van der Waals surface area contributed by atoms with Gasteiger partial charge in [-0.25, -0.2) is 18.6 Å². The standard InChI is InChI=1S/C27H20F4IN3O5/c1-38-15-5-3-13(20(10-15)39-2)12-34-26-23(30)19(7-8-33-26)40-21-11-16(27(36)37)25(24(31)22(21)29)35-18-6-4-14(32)9-17(18)28/h3-11,35H,12H2,1-2H3,(H,33,34)(H,36,37). The Hall–Kier alpha value is -4.27. The monoisotopic (exact) mass is 669 g/mol. The van der Waals surface area contributed by atoms with Crippen LogP contribution in [-0.2, 0) is 6.54 Å². The zero-order valence-corrected chi connectivity index (χ0v) is 23.0. The lowest BCUT2D eigenvalue weighted by molar-refractivity contribution is 0.0697. The first-order chi connectivity index (χ1) is 19.1. The number of rotatable bonds is 10. The van der Waals surface area contributed by atoms with E-state index in [1.807, 2.05) is 22.6 Å². The third kappa shape index (κ3) is 6.14. The third-order valence-electron chi connectivity index (χ3n) is 5.61. The molecule has 0 amide bonds. The second-order valence-corrected chi connectivity index (χ2v) is 9.33. The molecule has 0 spiro atoms. The van der Waals surface area contributed by atoms with E-state index < -0.39 is 52.0 Å². The Bertz CT molecular complexity index is 1590. The zero-order valence-electron chi connectivity index (χ0n) is 20.8. The van der Waals surface area contributed by atoms with E-state index >= 15 is 8.78 Å². The van der Waals surface area contributed by atoms with E-state index in [0.717, 1.165) is 18.3 Å². The van der Waals surface area contributed by atoms with Gasteiger partial charge in [0.2, 0.25) is 11.6 Å². The highest BCUT2D eigenvalue weighted by Crippen LogP contribution is 2.37. The van der Waals surface area contributed by atoms with E-state index in [-0.39, 0.29) is 18.1 Å². The summed E-state index contributed by atoms with van der Waals surface area (Å²) in [5.74, 6) is -7.51. The minimum absolute atomic E-state index is 0.0716. The average Bonchev–Trinajstić information content (AvgIpc) is 2.94. The number of anilines is 3. The van der Waals surface area contributed by atoms with Crippen LogP contribution < -0.4 is 24.8 Å². The molecule has 0 unspecified atom stereocenters. The van der Waals surface area contributed by atoms with Crippen LogP contribution in [0.3, 0.4) is 0 Å². The fraction of sp³-hybridized carbons (Fsp3) is 0.111. The number of carboxylic acids is 1. The quantitative estimate of drug-likeness (QED) is 0.121. The van der Waals surface area contributed by atoms with E-state index in [0.29, 0.717) is 26.7 Å². The molecule has 0 saturated heterocycles. The average molecular weight is 669 g/mol. The Balaban J connectivity index is 1.62. The highest BCUT2D eigenvalue weighted by molar-refractivity contribution is 14.1. The number of aromatic carboxylic acids is 1. The number of ether oxygens (including phenoxy) is 3. The predicted octanol–water partition coefficient (Wildman–Crippen LogP) is 7.11. The van der Waals surface area contributed by atoms with Gasteiger partial charge in [-0.05, 0) is 52.9 Å². The Labute approximate surface area is 239 Å². The molecule has 0 fully saturated rings. The smallest absolute Gasteiger partial charge is 0.338 e. The fourth-order valence-corrected chi connectivity index (χ4v) is 4.07. The lowest BCUT2D eigenvalue weighted by Gasteiger charge is -2.16. The van der Waals surface area contributed by atoms with Crippen LogP contribution in [0.4, 0.5) is 34.8 Å². The molecule has 40 heavy (non-hydrogen) atoms. The SMILES string of the molecule is COc1ccc(CNc2nccc(Oc3cc(C(=O)O)c(Nc4ccc(I)cc4F)c(F)c3F)c2F)c(OC)c1. The van der Waals surface area contributed by atoms with Crippen LogP contribution in [0.15, 0.2) is 54.7 Å². The van der Waals surface area contributed by atoms with E-state index in [1.165, 1.54) is 26.4 Å². The van der Waals surface area contributed by atoms with Gasteiger partial charge in [0.25, 0.3) is 0 Å². The van der Waals surface area contributed by atoms with Crippen molar-refractivity contribution in [2.75, 3.05) is 24.9 Å². The second-order valence-electron chi connectivity index (χ2n) is 8.08. The van der Waals surface area contributed by atoms with Crippen LogP contribution in [0, 0.1) is 26.8 Å². The normalized spacial score (nSPS) is 10.7. The molecular formula is C27H20F4IN3O5. The van der Waals surface area contributed by atoms with Crippen molar-refractivity contribution >= 4 is 45.8 Å². The summed E-state index contributed by atoms with van der Waals surface area (Å²) in [7, 11) is 2.96. The highest BCUT2D eigenvalue weighted by atomic mass is 127. The Morgan fingerprint density at radius 2 is 1.70 bits per heavy atom. The molecule has 1 heterocycles. The molecule has 1 aromatic heterocycles. The van der Waals surface area contributed by atoms with Crippen molar-refractivity contribution in [1.29, 1.82) is 0 Å². The molecule has 0 saturated carbocycles. The van der Waals surface area contributed by atoms with E-state index in [2.05, 4.69) is 15.6 Å². The largest absolute Gasteiger partial charge is 0.497 e. The number of hydrogen-bond acceptors (Lipinski definition) is 7. The molecule has 4 rings (SSSR count). The Morgan fingerprint density at radius 3 is 2.38 bits per heavy atom. The number of nitrogens with one attached hydrogen (secondary N) is 2. The first-order valence-corrected chi connectivity index (χ1v) is 12.4. The maximum absolute atomic E-state index is 15.2. The van der Waals surface area contributed by atoms with Gasteiger partial charge in [0, 0.05) is 40.1 Å².